The topological polar surface area (TPSA) is 236 Å². The number of likely N-dealkylation sites (N-methyl/N-ethyl adjacent to an activating group) is 4. The number of benzene rings is 8. The predicted molar refractivity (Wildman–Crippen MR) is 547 cm³/mol. The number of piperazine rings is 4. The zero-order chi connectivity index (χ0) is 94.0. The van der Waals surface area contributed by atoms with Crippen LogP contribution in [0, 0.1) is 0 Å². The minimum absolute atomic E-state index is 0.221. The van der Waals surface area contributed by atoms with Crippen molar-refractivity contribution in [1.29, 1.82) is 0 Å². The summed E-state index contributed by atoms with van der Waals surface area (Å²) < 4.78 is 9.38. The summed E-state index contributed by atoms with van der Waals surface area (Å²) >= 11 is 0. The van der Waals surface area contributed by atoms with Crippen molar-refractivity contribution in [2.45, 2.75) is 51.9 Å². The number of ether oxygens (including phenoxy) is 2. The van der Waals surface area contributed by atoms with Crippen molar-refractivity contribution in [2.24, 2.45) is 0 Å². The Labute approximate surface area is 798 Å². The molecule has 0 atom stereocenters. The van der Waals surface area contributed by atoms with Crippen LogP contribution in [0.15, 0.2) is 267 Å². The highest BCUT2D eigenvalue weighted by Crippen LogP contribution is 2.41. The smallest absolute Gasteiger partial charge is 0.411 e. The summed E-state index contributed by atoms with van der Waals surface area (Å²) in [5.74, 6) is 0. The first-order chi connectivity index (χ1) is 66.3. The summed E-state index contributed by atoms with van der Waals surface area (Å²) in [4.78, 5) is 85.0. The van der Waals surface area contributed by atoms with E-state index >= 15 is 0 Å². The molecule has 12 aromatic rings. The van der Waals surface area contributed by atoms with Gasteiger partial charge in [-0.2, -0.15) is 0 Å². The molecular weight excluding hydrogens is 1690 g/mol. The Hall–Kier alpha value is -13.9. The van der Waals surface area contributed by atoms with Crippen LogP contribution in [-0.2, 0) is 61.3 Å². The van der Waals surface area contributed by atoms with Crippen LogP contribution in [0.2, 0.25) is 0 Å². The Balaban J connectivity index is 0.000000126. The molecule has 136 heavy (non-hydrogen) atoms. The van der Waals surface area contributed by atoms with Crippen LogP contribution in [0.3, 0.4) is 0 Å². The molecular formula is C112H122N18O6. The zero-order valence-electron chi connectivity index (χ0n) is 79.2. The molecule has 0 bridgehead atoms. The molecule has 696 valence electrons. The third-order valence-electron chi connectivity index (χ3n) is 26.8. The third kappa shape index (κ3) is 24.1. The summed E-state index contributed by atoms with van der Waals surface area (Å²) in [5.41, 5.74) is 35.7. The molecule has 8 aliphatic rings. The fraction of sp³-hybridized carbons (Fsp3) is 0.286. The summed E-state index contributed by atoms with van der Waals surface area (Å²) in [7, 11) is 14.7. The molecule has 4 saturated heterocycles. The fourth-order valence-corrected chi connectivity index (χ4v) is 18.5. The maximum absolute atomic E-state index is 11.7. The first kappa shape index (κ1) is 93.9. The number of allylic oxidation sites excluding steroid dienone is 4. The van der Waals surface area contributed by atoms with Gasteiger partial charge in [-0.05, 0) is 190 Å². The van der Waals surface area contributed by atoms with E-state index in [4.69, 9.17) is 24.7 Å². The number of carbonyl (C=O) groups excluding carboxylic acids is 4. The monoisotopic (exact) mass is 1810 g/mol. The van der Waals surface area contributed by atoms with Gasteiger partial charge in [0.1, 0.15) is 0 Å². The number of fused-ring (bicyclic) bond motifs is 4. The highest BCUT2D eigenvalue weighted by Gasteiger charge is 2.27. The van der Waals surface area contributed by atoms with Crippen molar-refractivity contribution in [2.75, 3.05) is 182 Å². The molecule has 0 saturated carbocycles. The summed E-state index contributed by atoms with van der Waals surface area (Å²) in [6, 6.07) is 75.7. The molecule has 4 fully saturated rings. The summed E-state index contributed by atoms with van der Waals surface area (Å²) in [5, 5.41) is 16.3. The van der Waals surface area contributed by atoms with E-state index in [1.165, 1.54) is 81.0 Å². The third-order valence-corrected chi connectivity index (χ3v) is 26.8. The van der Waals surface area contributed by atoms with E-state index in [0.29, 0.717) is 11.4 Å². The van der Waals surface area contributed by atoms with Crippen molar-refractivity contribution < 1.29 is 28.7 Å². The van der Waals surface area contributed by atoms with E-state index in [1.807, 2.05) is 110 Å². The largest absolute Gasteiger partial charge is 0.453 e. The summed E-state index contributed by atoms with van der Waals surface area (Å²) in [6.07, 6.45) is 19.2. The second kappa shape index (κ2) is 44.5. The molecule has 4 aliphatic carbocycles. The number of carbonyl (C=O) groups is 4. The molecule has 6 amide bonds. The van der Waals surface area contributed by atoms with Crippen LogP contribution in [0.4, 0.5) is 41.9 Å². The van der Waals surface area contributed by atoms with Gasteiger partial charge in [-0.25, -0.2) is 19.2 Å². The first-order valence-electron chi connectivity index (χ1n) is 47.2. The van der Waals surface area contributed by atoms with E-state index in [1.54, 1.807) is 14.1 Å². The van der Waals surface area contributed by atoms with E-state index in [-0.39, 0.29) is 12.1 Å². The normalized spacial score (nSPS) is 16.1. The minimum Gasteiger partial charge on any atom is -0.453 e. The Morgan fingerprint density at radius 1 is 0.272 bits per heavy atom. The maximum atomic E-state index is 11.7. The van der Waals surface area contributed by atoms with E-state index < -0.39 is 12.2 Å². The number of urea groups is 2. The van der Waals surface area contributed by atoms with Crippen LogP contribution < -0.4 is 31.9 Å². The number of anilines is 4. The average Bonchev–Trinajstić information content (AvgIpc) is 1.65. The van der Waals surface area contributed by atoms with Gasteiger partial charge >= 0.3 is 24.2 Å². The second-order valence-corrected chi connectivity index (χ2v) is 36.2. The van der Waals surface area contributed by atoms with Crippen LogP contribution in [0.1, 0.15) is 89.5 Å². The molecule has 8 aromatic carbocycles. The van der Waals surface area contributed by atoms with E-state index in [0.717, 1.165) is 258 Å². The number of pyridine rings is 4. The SMILES string of the molecule is CNC(=O)Nc1ccc(C2=CCc3ncc(-c4ccc(CN5CCN(C)CC5)cc4)cc32)cc1.CNC(=O)Nc1cccc(C2=CCc3ncc(-c4ccc(CN5CCN(C)CC5)cc4)cc32)c1.COC(=O)Nc1ccc(C2=CCc3ncc(-c4ccc(CN5CCN(C)CC5)cc4)cc32)cc1.COC(=O)Nc1cccc(C2=CCc3ncc(-c4ccc(CN5CCN(C)CC5)cc4)cc32)c1. The second-order valence-electron chi connectivity index (χ2n) is 36.2. The number of nitrogens with one attached hydrogen (secondary N) is 6. The Bertz CT molecular complexity index is 5960. The van der Waals surface area contributed by atoms with Gasteiger partial charge in [0.25, 0.3) is 0 Å². The van der Waals surface area contributed by atoms with Crippen molar-refractivity contribution in [3.63, 3.8) is 0 Å². The van der Waals surface area contributed by atoms with Crippen molar-refractivity contribution >= 4 is 69.3 Å². The number of methoxy groups -OCH3 is 2. The van der Waals surface area contributed by atoms with Gasteiger partial charge in [-0.15, -0.1) is 0 Å². The van der Waals surface area contributed by atoms with Crippen molar-refractivity contribution in [3.8, 4) is 44.5 Å². The Morgan fingerprint density at radius 3 is 0.787 bits per heavy atom. The van der Waals surface area contributed by atoms with Gasteiger partial charge in [0, 0.05) is 263 Å². The lowest BCUT2D eigenvalue weighted by molar-refractivity contribution is 0.148. The van der Waals surface area contributed by atoms with Crippen molar-refractivity contribution in [1.82, 2.24) is 69.8 Å². The number of aromatic nitrogens is 4. The molecule has 20 rings (SSSR count). The average molecular weight is 1820 g/mol. The number of hydrogen-bond acceptors (Lipinski definition) is 18. The number of nitrogens with zero attached hydrogens (tertiary/aromatic N) is 12. The van der Waals surface area contributed by atoms with Crippen LogP contribution >= 0.6 is 0 Å². The van der Waals surface area contributed by atoms with E-state index in [2.05, 4.69) is 262 Å². The predicted octanol–water partition coefficient (Wildman–Crippen LogP) is 17.8. The molecule has 4 aromatic heterocycles. The molecule has 0 radical (unpaired) electrons. The van der Waals surface area contributed by atoms with Gasteiger partial charge in [0.05, 0.1) is 37.0 Å². The minimum atomic E-state index is -0.474. The Kier molecular flexibility index (Phi) is 30.7. The zero-order valence-corrected chi connectivity index (χ0v) is 79.2. The number of rotatable bonds is 20. The standard InChI is InChI=1S/2C28H31N5O.2C28H30N4O2/c1-29-28(34)31-24-9-7-22(8-10-24)25-11-12-27-26(25)17-23(18-30-27)21-5-3-20(4-6-21)19-33-15-13-32(2)14-16-33;1-29-28(34)31-24-5-3-4-22(16-24)25-10-11-27-26(25)17-23(18-30-27)21-8-6-20(7-9-21)19-33-14-12-32(2)13-15-33;1-31-13-15-32(16-14-31)19-20-3-5-21(6-4-20)23-17-26-25(11-12-27(26)29-18-23)22-7-9-24(10-8-22)30-28(33)34-2;1-31-12-14-32(15-13-31)19-20-6-8-21(9-7-20)23-17-26-25(10-11-27(26)29-18-23)22-4-3-5-24(16-22)30-28(33)34-2/h3-11,17-18H,12-16,19H2,1-2H3,(H2,29,31,34);3-10,16-18H,11-15,19H2,1-2H3,(H2,29,31,34);3-11,17-18H,12-16,19H2,1-2H3,(H,30,33);3-10,16-18H,11-15,19H2,1-2H3,(H,30,33). The number of hydrogen-bond donors (Lipinski definition) is 6. The van der Waals surface area contributed by atoms with Gasteiger partial charge in [0.15, 0.2) is 0 Å². The van der Waals surface area contributed by atoms with Gasteiger partial charge < -0.3 is 50.3 Å². The lowest BCUT2D eigenvalue weighted by Gasteiger charge is -2.32. The van der Waals surface area contributed by atoms with Crippen LogP contribution in [-0.4, -0.2) is 245 Å². The molecule has 6 N–H and O–H groups in total. The molecule has 24 nitrogen and oxygen atoms in total. The molecule has 0 spiro atoms. The highest BCUT2D eigenvalue weighted by atomic mass is 16.5. The molecule has 4 aliphatic heterocycles. The van der Waals surface area contributed by atoms with Crippen LogP contribution in [0.25, 0.3) is 66.8 Å². The molecule has 0 unspecified atom stereocenters. The first-order valence-corrected chi connectivity index (χ1v) is 47.2. The lowest BCUT2D eigenvalue weighted by atomic mass is 9.97. The van der Waals surface area contributed by atoms with E-state index in [9.17, 15) is 19.2 Å². The van der Waals surface area contributed by atoms with Crippen molar-refractivity contribution in [3.05, 3.63) is 357 Å². The number of amides is 6. The lowest BCUT2D eigenvalue weighted by Crippen LogP contribution is -2.43. The van der Waals surface area contributed by atoms with Gasteiger partial charge in [0.2, 0.25) is 0 Å². The van der Waals surface area contributed by atoms with Gasteiger partial charge in [-0.1, -0.05) is 170 Å². The maximum Gasteiger partial charge on any atom is 0.411 e. The molecule has 8 heterocycles. The van der Waals surface area contributed by atoms with Gasteiger partial charge in [-0.3, -0.25) is 50.2 Å². The Morgan fingerprint density at radius 2 is 0.515 bits per heavy atom. The van der Waals surface area contributed by atoms with Crippen LogP contribution in [0.5, 0.6) is 0 Å². The summed E-state index contributed by atoms with van der Waals surface area (Å²) in [6.45, 7) is 22.1. The fourth-order valence-electron chi connectivity index (χ4n) is 18.5. The molecule has 24 heteroatoms. The highest BCUT2D eigenvalue weighted by molar-refractivity contribution is 5.95. The quantitative estimate of drug-likeness (QED) is 0.0416.